The highest BCUT2D eigenvalue weighted by Crippen LogP contribution is 2.39. The van der Waals surface area contributed by atoms with Gasteiger partial charge in [-0.05, 0) is 41.5 Å². The third kappa shape index (κ3) is 2.61. The van der Waals surface area contributed by atoms with Crippen LogP contribution in [-0.4, -0.2) is 19.0 Å². The first kappa shape index (κ1) is 14.0. The van der Waals surface area contributed by atoms with Crippen LogP contribution in [0, 0.1) is 5.82 Å². The van der Waals surface area contributed by atoms with Crippen molar-refractivity contribution in [3.05, 3.63) is 65.0 Å². The average molecular weight is 309 g/mol. The minimum Gasteiger partial charge on any atom is -0.454 e. The first-order valence-corrected chi connectivity index (χ1v) is 7.63. The van der Waals surface area contributed by atoms with E-state index in [1.807, 2.05) is 18.2 Å². The summed E-state index contributed by atoms with van der Waals surface area (Å²) in [5.41, 5.74) is 4.16. The van der Waals surface area contributed by atoms with E-state index in [1.54, 1.807) is 12.1 Å². The molecule has 4 rings (SSSR count). The fourth-order valence-corrected chi connectivity index (χ4v) is 2.90. The summed E-state index contributed by atoms with van der Waals surface area (Å²) in [6.07, 6.45) is 3.92. The van der Waals surface area contributed by atoms with E-state index in [9.17, 15) is 4.39 Å². The molecule has 116 valence electrons. The Hall–Kier alpha value is -2.62. The van der Waals surface area contributed by atoms with E-state index in [0.29, 0.717) is 5.92 Å². The Kier molecular flexibility index (Phi) is 3.37. The van der Waals surface area contributed by atoms with Crippen LogP contribution >= 0.6 is 0 Å². The fourth-order valence-electron chi connectivity index (χ4n) is 2.90. The van der Waals surface area contributed by atoms with Crippen molar-refractivity contribution in [2.24, 2.45) is 4.99 Å². The molecule has 0 bridgehead atoms. The van der Waals surface area contributed by atoms with Gasteiger partial charge < -0.3 is 9.47 Å². The van der Waals surface area contributed by atoms with Gasteiger partial charge in [-0.3, -0.25) is 4.99 Å². The molecular formula is C19H16FNO2. The summed E-state index contributed by atoms with van der Waals surface area (Å²) >= 11 is 0. The summed E-state index contributed by atoms with van der Waals surface area (Å²) in [5, 5.41) is 0. The Morgan fingerprint density at radius 3 is 2.61 bits per heavy atom. The average Bonchev–Trinajstić information content (AvgIpc) is 3.02. The van der Waals surface area contributed by atoms with Gasteiger partial charge in [0.25, 0.3) is 0 Å². The first-order valence-electron chi connectivity index (χ1n) is 7.63. The molecule has 0 amide bonds. The van der Waals surface area contributed by atoms with Crippen LogP contribution in [0.1, 0.15) is 29.5 Å². The second kappa shape index (κ2) is 5.54. The van der Waals surface area contributed by atoms with Crippen LogP contribution in [0.4, 0.5) is 4.39 Å². The lowest BCUT2D eigenvalue weighted by Gasteiger charge is -2.21. The summed E-state index contributed by atoms with van der Waals surface area (Å²) in [5.74, 6) is 1.69. The van der Waals surface area contributed by atoms with Gasteiger partial charge in [0, 0.05) is 18.0 Å². The van der Waals surface area contributed by atoms with Crippen molar-refractivity contribution in [3.63, 3.8) is 0 Å². The molecule has 3 nitrogen and oxygen atoms in total. The molecular weight excluding hydrogens is 293 g/mol. The van der Waals surface area contributed by atoms with Crippen LogP contribution < -0.4 is 9.47 Å². The maximum atomic E-state index is 13.0. The van der Waals surface area contributed by atoms with Crippen LogP contribution in [0.3, 0.4) is 0 Å². The minimum absolute atomic E-state index is 0.232. The molecule has 1 unspecified atom stereocenters. The maximum Gasteiger partial charge on any atom is 0.231 e. The smallest absolute Gasteiger partial charge is 0.231 e. The first-order chi connectivity index (χ1) is 11.2. The van der Waals surface area contributed by atoms with E-state index >= 15 is 0 Å². The van der Waals surface area contributed by atoms with Crippen LogP contribution in [0.25, 0.3) is 6.08 Å². The number of benzene rings is 2. The van der Waals surface area contributed by atoms with E-state index in [-0.39, 0.29) is 12.6 Å². The normalized spacial score (nSPS) is 18.9. The van der Waals surface area contributed by atoms with Gasteiger partial charge in [-0.15, -0.1) is 0 Å². The van der Waals surface area contributed by atoms with Crippen LogP contribution in [0.15, 0.2) is 47.5 Å². The molecule has 2 aromatic carbocycles. The number of ether oxygens (including phenoxy) is 2. The SMILES string of the molecule is CC1CN=C(/C=C/c2ccc(F)cc2)c2cc3c(cc21)OCO3. The van der Waals surface area contributed by atoms with Crippen molar-refractivity contribution >= 4 is 11.8 Å². The summed E-state index contributed by atoms with van der Waals surface area (Å²) in [6, 6.07) is 10.5. The molecule has 2 aromatic rings. The van der Waals surface area contributed by atoms with E-state index < -0.39 is 0 Å². The third-order valence-electron chi connectivity index (χ3n) is 4.19. The van der Waals surface area contributed by atoms with Crippen LogP contribution in [0.5, 0.6) is 11.5 Å². The second-order valence-corrected chi connectivity index (χ2v) is 5.80. The number of allylic oxidation sites excluding steroid dienone is 1. The van der Waals surface area contributed by atoms with Gasteiger partial charge in [0.15, 0.2) is 11.5 Å². The van der Waals surface area contributed by atoms with Gasteiger partial charge in [-0.25, -0.2) is 4.39 Å². The molecule has 4 heteroatoms. The monoisotopic (exact) mass is 309 g/mol. The Labute approximate surface area is 134 Å². The number of halogens is 1. The van der Waals surface area contributed by atoms with E-state index in [0.717, 1.165) is 34.9 Å². The molecule has 0 aliphatic carbocycles. The van der Waals surface area contributed by atoms with Crippen molar-refractivity contribution in [2.45, 2.75) is 12.8 Å². The van der Waals surface area contributed by atoms with Crippen molar-refractivity contribution in [1.29, 1.82) is 0 Å². The summed E-state index contributed by atoms with van der Waals surface area (Å²) in [7, 11) is 0. The molecule has 2 aliphatic rings. The number of fused-ring (bicyclic) bond motifs is 2. The lowest BCUT2D eigenvalue weighted by atomic mass is 9.89. The summed E-state index contributed by atoms with van der Waals surface area (Å²) in [6.45, 7) is 3.17. The number of hydrogen-bond acceptors (Lipinski definition) is 3. The zero-order valence-electron chi connectivity index (χ0n) is 12.8. The predicted octanol–water partition coefficient (Wildman–Crippen LogP) is 4.17. The molecule has 0 N–H and O–H groups in total. The molecule has 1 atom stereocenters. The summed E-state index contributed by atoms with van der Waals surface area (Å²) in [4.78, 5) is 4.67. The van der Waals surface area contributed by atoms with Gasteiger partial charge in [0.05, 0.1) is 5.71 Å². The Bertz CT molecular complexity index is 809. The molecule has 2 heterocycles. The Balaban J connectivity index is 1.69. The third-order valence-corrected chi connectivity index (χ3v) is 4.19. The van der Waals surface area contributed by atoms with Crippen molar-refractivity contribution < 1.29 is 13.9 Å². The van der Waals surface area contributed by atoms with E-state index in [2.05, 4.69) is 18.0 Å². The predicted molar refractivity (Wildman–Crippen MR) is 87.8 cm³/mol. The van der Waals surface area contributed by atoms with Gasteiger partial charge in [0.1, 0.15) is 5.82 Å². The van der Waals surface area contributed by atoms with Crippen molar-refractivity contribution in [3.8, 4) is 11.5 Å². The maximum absolute atomic E-state index is 13.0. The van der Waals surface area contributed by atoms with Gasteiger partial charge in [0.2, 0.25) is 6.79 Å². The zero-order chi connectivity index (χ0) is 15.8. The molecule has 0 spiro atoms. The van der Waals surface area contributed by atoms with E-state index in [4.69, 9.17) is 9.47 Å². The largest absolute Gasteiger partial charge is 0.454 e. The molecule has 23 heavy (non-hydrogen) atoms. The highest BCUT2D eigenvalue weighted by Gasteiger charge is 2.24. The molecule has 0 aromatic heterocycles. The molecule has 0 radical (unpaired) electrons. The number of rotatable bonds is 2. The molecule has 2 aliphatic heterocycles. The number of hydrogen-bond donors (Lipinski definition) is 0. The standard InChI is InChI=1S/C19H16FNO2/c1-12-10-21-17(7-4-13-2-5-14(20)6-3-13)16-9-19-18(8-15(12)16)22-11-23-19/h2-9,12H,10-11H2,1H3/b7-4+. The number of nitrogens with zero attached hydrogens (tertiary/aromatic N) is 1. The summed E-state index contributed by atoms with van der Waals surface area (Å²) < 4.78 is 23.9. The second-order valence-electron chi connectivity index (χ2n) is 5.80. The molecule has 0 saturated heterocycles. The highest BCUT2D eigenvalue weighted by molar-refractivity contribution is 6.12. The molecule has 0 saturated carbocycles. The Morgan fingerprint density at radius 1 is 1.09 bits per heavy atom. The Morgan fingerprint density at radius 2 is 1.83 bits per heavy atom. The lowest BCUT2D eigenvalue weighted by molar-refractivity contribution is 0.174. The van der Waals surface area contributed by atoms with Crippen molar-refractivity contribution in [1.82, 2.24) is 0 Å². The van der Waals surface area contributed by atoms with E-state index in [1.165, 1.54) is 17.7 Å². The quantitative estimate of drug-likeness (QED) is 0.833. The zero-order valence-corrected chi connectivity index (χ0v) is 12.8. The van der Waals surface area contributed by atoms with Crippen LogP contribution in [0.2, 0.25) is 0 Å². The van der Waals surface area contributed by atoms with Gasteiger partial charge in [-0.1, -0.05) is 25.1 Å². The minimum atomic E-state index is -0.232. The fraction of sp³-hybridized carbons (Fsp3) is 0.211. The molecule has 0 fully saturated rings. The van der Waals surface area contributed by atoms with Gasteiger partial charge >= 0.3 is 0 Å². The lowest BCUT2D eigenvalue weighted by Crippen LogP contribution is -2.14. The number of aliphatic imine (C=N–C) groups is 1. The topological polar surface area (TPSA) is 30.8 Å². The van der Waals surface area contributed by atoms with Gasteiger partial charge in [-0.2, -0.15) is 0 Å². The van der Waals surface area contributed by atoms with Crippen LogP contribution in [-0.2, 0) is 0 Å². The van der Waals surface area contributed by atoms with Crippen molar-refractivity contribution in [2.75, 3.05) is 13.3 Å². The highest BCUT2D eigenvalue weighted by atomic mass is 19.1.